The molecule has 2 aliphatic heterocycles. The number of anilines is 1. The van der Waals surface area contributed by atoms with Gasteiger partial charge in [-0.1, -0.05) is 95.5 Å². The number of likely N-dealkylation sites (N-methyl/N-ethyl adjacent to an activating group) is 1. The lowest BCUT2D eigenvalue weighted by atomic mass is 9.34. The number of rotatable bonds is 10. The molecule has 0 radical (unpaired) electrons. The zero-order valence-electron chi connectivity index (χ0n) is 35.5. The summed E-state index contributed by atoms with van der Waals surface area (Å²) in [4.78, 5) is 21.5. The van der Waals surface area contributed by atoms with E-state index in [0.717, 1.165) is 76.8 Å². The molecular formula is C45H69N7O4. The van der Waals surface area contributed by atoms with Gasteiger partial charge < -0.3 is 24.8 Å². The average molecular weight is 772 g/mol. The topological polar surface area (TPSA) is 121 Å². The van der Waals surface area contributed by atoms with Gasteiger partial charge in [0.2, 0.25) is 0 Å². The molecule has 3 saturated carbocycles. The fourth-order valence-electron chi connectivity index (χ4n) is 13.7. The van der Waals surface area contributed by atoms with Crippen LogP contribution in [0, 0.1) is 56.7 Å². The van der Waals surface area contributed by atoms with Gasteiger partial charge in [0.25, 0.3) is 5.95 Å². The largest absolute Gasteiger partial charge is 0.461 e. The SMILES string of the molecule is CC(C)[C@@H](C)[C@@]1(C)CC[C@]2(C)[C@H]3CC[C@@H]4[C@@]5(COC[C@]4(C)[C@@H](OCCN4CCN(C)CC4)[C@H](n4nnc(N)n4)C5)C3=CC[C@@]2(C)[C@@H]1C(=O)OCc1ccccc1. The van der Waals surface area contributed by atoms with E-state index < -0.39 is 0 Å². The first-order valence-electron chi connectivity index (χ1n) is 21.7. The van der Waals surface area contributed by atoms with E-state index >= 15 is 0 Å². The second-order valence-corrected chi connectivity index (χ2v) is 20.3. The Morgan fingerprint density at radius 3 is 2.45 bits per heavy atom. The quantitative estimate of drug-likeness (QED) is 0.207. The normalized spacial score (nSPS) is 40.6. The summed E-state index contributed by atoms with van der Waals surface area (Å²) in [6.07, 6.45) is 8.42. The first-order valence-corrected chi connectivity index (χ1v) is 21.7. The number of carbonyl (C=O) groups excluding carboxylic acids is 1. The third-order valence-corrected chi connectivity index (χ3v) is 17.3. The molecule has 2 aromatic rings. The molecule has 0 spiro atoms. The van der Waals surface area contributed by atoms with E-state index in [-0.39, 0.29) is 57.1 Å². The maximum absolute atomic E-state index is 14.8. The molecule has 5 fully saturated rings. The van der Waals surface area contributed by atoms with Crippen LogP contribution in [0.25, 0.3) is 0 Å². The van der Waals surface area contributed by atoms with E-state index in [1.54, 1.807) is 10.4 Å². The zero-order chi connectivity index (χ0) is 39.7. The van der Waals surface area contributed by atoms with Crippen molar-refractivity contribution >= 4 is 11.9 Å². The highest BCUT2D eigenvalue weighted by molar-refractivity contribution is 5.75. The Morgan fingerprint density at radius 2 is 1.75 bits per heavy atom. The Labute approximate surface area is 335 Å². The predicted octanol–water partition coefficient (Wildman–Crippen LogP) is 6.68. The van der Waals surface area contributed by atoms with Crippen molar-refractivity contribution in [2.75, 3.05) is 65.3 Å². The van der Waals surface area contributed by atoms with E-state index in [1.807, 2.05) is 30.3 Å². The highest BCUT2D eigenvalue weighted by atomic mass is 16.5. The van der Waals surface area contributed by atoms with Gasteiger partial charge in [0.15, 0.2) is 0 Å². The molecule has 6 aliphatic rings. The molecule has 11 atom stereocenters. The van der Waals surface area contributed by atoms with Crippen LogP contribution in [0.1, 0.15) is 98.6 Å². The smallest absolute Gasteiger partial charge is 0.310 e. The molecule has 1 aromatic heterocycles. The maximum Gasteiger partial charge on any atom is 0.310 e. The van der Waals surface area contributed by atoms with Crippen LogP contribution >= 0.6 is 0 Å². The molecule has 4 aliphatic carbocycles. The first-order chi connectivity index (χ1) is 26.7. The number of nitrogens with zero attached hydrogens (tertiary/aromatic N) is 6. The Bertz CT molecular complexity index is 1760. The Morgan fingerprint density at radius 1 is 1.00 bits per heavy atom. The van der Waals surface area contributed by atoms with Gasteiger partial charge in [-0.2, -0.15) is 4.80 Å². The first kappa shape index (κ1) is 39.9. The van der Waals surface area contributed by atoms with E-state index in [9.17, 15) is 4.79 Å². The van der Waals surface area contributed by atoms with Crippen LogP contribution in [0.2, 0.25) is 0 Å². The number of ether oxygens (including phenoxy) is 3. The monoisotopic (exact) mass is 772 g/mol. The standard InChI is InChI=1S/C45H69N7O4/c1-30(2)31(3)41(4)18-19-43(6)33-14-15-36-42(5)28-54-29-45(36,34(33)16-17-44(43,7)37(41)39(53)56-27-32-12-10-9-11-13-32)26-35(52-48-40(46)47-49-52)38(42)55-25-24-51-22-20-50(8)21-23-51/h9-13,16,30-31,33,35-38H,14-15,17-29H2,1-8H3,(H2,46,48)/t31-,33+,35-,36+,37-,38+,41-,42+,43-,44+,45+/m1/s1. The van der Waals surface area contributed by atoms with Crippen molar-refractivity contribution < 1.29 is 19.0 Å². The van der Waals surface area contributed by atoms with Crippen LogP contribution in [0.3, 0.4) is 0 Å². The number of nitrogen functional groups attached to an aromatic ring is 1. The summed E-state index contributed by atoms with van der Waals surface area (Å²) < 4.78 is 20.2. The van der Waals surface area contributed by atoms with Gasteiger partial charge in [-0.3, -0.25) is 9.69 Å². The Hall–Kier alpha value is -2.86. The van der Waals surface area contributed by atoms with Gasteiger partial charge in [-0.05, 0) is 96.3 Å². The number of allylic oxidation sites excluding steroid dienone is 1. The number of carbonyl (C=O) groups is 1. The molecule has 56 heavy (non-hydrogen) atoms. The highest BCUT2D eigenvalue weighted by Crippen LogP contribution is 2.75. The lowest BCUT2D eigenvalue weighted by Gasteiger charge is -2.71. The van der Waals surface area contributed by atoms with Crippen molar-refractivity contribution in [2.24, 2.45) is 56.7 Å². The lowest BCUT2D eigenvalue weighted by molar-refractivity contribution is -0.252. The Kier molecular flexibility index (Phi) is 10.5. The summed E-state index contributed by atoms with van der Waals surface area (Å²) in [7, 11) is 2.20. The molecule has 11 heteroatoms. The summed E-state index contributed by atoms with van der Waals surface area (Å²) in [6.45, 7) is 24.3. The molecule has 0 unspecified atom stereocenters. The molecular weight excluding hydrogens is 703 g/mol. The summed E-state index contributed by atoms with van der Waals surface area (Å²) >= 11 is 0. The van der Waals surface area contributed by atoms with Crippen LogP contribution in [0.15, 0.2) is 42.0 Å². The van der Waals surface area contributed by atoms with Gasteiger partial charge in [-0.15, -0.1) is 5.10 Å². The molecule has 2 bridgehead atoms. The number of aromatic nitrogens is 4. The minimum absolute atomic E-state index is 0.0290. The minimum atomic E-state index is -0.279. The lowest BCUT2D eigenvalue weighted by Crippen LogP contribution is -2.69. The number of nitrogens with two attached hydrogens (primary N) is 1. The molecule has 0 amide bonds. The van der Waals surface area contributed by atoms with Crippen molar-refractivity contribution in [3.8, 4) is 0 Å². The van der Waals surface area contributed by atoms with Crippen molar-refractivity contribution in [3.05, 3.63) is 47.5 Å². The van der Waals surface area contributed by atoms with Gasteiger partial charge >= 0.3 is 5.97 Å². The predicted molar refractivity (Wildman–Crippen MR) is 217 cm³/mol. The van der Waals surface area contributed by atoms with Gasteiger partial charge in [-0.25, -0.2) is 0 Å². The second-order valence-electron chi connectivity index (χ2n) is 20.3. The van der Waals surface area contributed by atoms with Gasteiger partial charge in [0.05, 0.1) is 31.8 Å². The number of tetrazole rings is 1. The molecule has 3 heterocycles. The molecule has 8 rings (SSSR count). The number of hydrogen-bond acceptors (Lipinski definition) is 10. The van der Waals surface area contributed by atoms with E-state index in [1.165, 1.54) is 0 Å². The third kappa shape index (κ3) is 6.27. The fourth-order valence-corrected chi connectivity index (χ4v) is 13.7. The number of benzene rings is 1. The van der Waals surface area contributed by atoms with Crippen molar-refractivity contribution in [3.63, 3.8) is 0 Å². The highest BCUT2D eigenvalue weighted by Gasteiger charge is 2.72. The minimum Gasteiger partial charge on any atom is -0.461 e. The van der Waals surface area contributed by atoms with E-state index in [4.69, 9.17) is 19.9 Å². The summed E-state index contributed by atoms with van der Waals surface area (Å²) in [5.74, 6) is 1.48. The average Bonchev–Trinajstić information content (AvgIpc) is 3.61. The summed E-state index contributed by atoms with van der Waals surface area (Å²) in [5.41, 5.74) is 7.72. The van der Waals surface area contributed by atoms with Gasteiger partial charge in [0.1, 0.15) is 12.6 Å². The van der Waals surface area contributed by atoms with Crippen LogP contribution in [-0.2, 0) is 25.6 Å². The Balaban J connectivity index is 1.14. The summed E-state index contributed by atoms with van der Waals surface area (Å²) in [6, 6.07) is 10.0. The zero-order valence-corrected chi connectivity index (χ0v) is 35.5. The van der Waals surface area contributed by atoms with Crippen LogP contribution in [-0.4, -0.2) is 102 Å². The molecule has 308 valence electrons. The number of esters is 1. The number of piperazine rings is 1. The number of hydrogen-bond donors (Lipinski definition) is 1. The van der Waals surface area contributed by atoms with Crippen LogP contribution < -0.4 is 5.73 Å². The van der Waals surface area contributed by atoms with Crippen molar-refractivity contribution in [2.45, 2.75) is 106 Å². The fraction of sp³-hybridized carbons (Fsp3) is 0.778. The van der Waals surface area contributed by atoms with Crippen molar-refractivity contribution in [1.82, 2.24) is 30.0 Å². The third-order valence-electron chi connectivity index (χ3n) is 17.3. The van der Waals surface area contributed by atoms with E-state index in [0.29, 0.717) is 50.1 Å². The molecule has 1 aromatic carbocycles. The van der Waals surface area contributed by atoms with Gasteiger partial charge in [0, 0.05) is 43.6 Å². The molecule has 2 N–H and O–H groups in total. The number of fused-ring (bicyclic) bond motifs is 3. The van der Waals surface area contributed by atoms with Crippen LogP contribution in [0.5, 0.6) is 0 Å². The second kappa shape index (κ2) is 14.8. The summed E-state index contributed by atoms with van der Waals surface area (Å²) in [5, 5.41) is 13.4. The maximum atomic E-state index is 14.8. The van der Waals surface area contributed by atoms with E-state index in [2.05, 4.69) is 86.8 Å². The van der Waals surface area contributed by atoms with Crippen molar-refractivity contribution in [1.29, 1.82) is 0 Å². The van der Waals surface area contributed by atoms with Crippen LogP contribution in [0.4, 0.5) is 5.95 Å². The molecule has 2 saturated heterocycles. The molecule has 11 nitrogen and oxygen atoms in total.